The van der Waals surface area contributed by atoms with Gasteiger partial charge in [0.15, 0.2) is 0 Å². The summed E-state index contributed by atoms with van der Waals surface area (Å²) in [5.41, 5.74) is 1.74. The first kappa shape index (κ1) is 21.1. The molecule has 0 radical (unpaired) electrons. The second kappa shape index (κ2) is 10.8. The highest BCUT2D eigenvalue weighted by molar-refractivity contribution is 6.30. The van der Waals surface area contributed by atoms with Crippen LogP contribution >= 0.6 is 11.6 Å². The Kier molecular flexibility index (Phi) is 7.85. The zero-order valence-electron chi connectivity index (χ0n) is 16.4. The lowest BCUT2D eigenvalue weighted by molar-refractivity contribution is -0.132. The molecule has 1 fully saturated rings. The summed E-state index contributed by atoms with van der Waals surface area (Å²) in [5.74, 6) is -0.106. The molecule has 0 spiro atoms. The maximum atomic E-state index is 12.4. The Morgan fingerprint density at radius 1 is 0.966 bits per heavy atom. The molecule has 0 aliphatic carbocycles. The van der Waals surface area contributed by atoms with Gasteiger partial charge in [0.05, 0.1) is 0 Å². The van der Waals surface area contributed by atoms with Gasteiger partial charge in [-0.2, -0.15) is 0 Å². The number of halogens is 1. The van der Waals surface area contributed by atoms with Gasteiger partial charge in [-0.15, -0.1) is 0 Å². The van der Waals surface area contributed by atoms with Crippen LogP contribution in [-0.4, -0.2) is 60.9 Å². The summed E-state index contributed by atoms with van der Waals surface area (Å²) in [4.78, 5) is 28.7. The summed E-state index contributed by atoms with van der Waals surface area (Å²) in [6, 6.07) is 16.9. The zero-order chi connectivity index (χ0) is 20.5. The summed E-state index contributed by atoms with van der Waals surface area (Å²) in [5, 5.41) is 3.38. The van der Waals surface area contributed by atoms with E-state index in [0.717, 1.165) is 32.7 Å². The van der Waals surface area contributed by atoms with Crippen LogP contribution in [0, 0.1) is 0 Å². The SMILES string of the molecule is O=C(NCCC(=O)N1CCN(C/C=C/c2ccccc2)CC1)c1ccc(Cl)cc1. The third kappa shape index (κ3) is 6.73. The quantitative estimate of drug-likeness (QED) is 0.760. The molecule has 1 heterocycles. The van der Waals surface area contributed by atoms with Crippen LogP contribution in [0.25, 0.3) is 6.08 Å². The largest absolute Gasteiger partial charge is 0.352 e. The first-order valence-electron chi connectivity index (χ1n) is 9.87. The van der Waals surface area contributed by atoms with Gasteiger partial charge < -0.3 is 10.2 Å². The Morgan fingerprint density at radius 3 is 2.34 bits per heavy atom. The van der Waals surface area contributed by atoms with Crippen molar-refractivity contribution in [2.75, 3.05) is 39.3 Å². The number of rotatable bonds is 7. The molecule has 1 aliphatic rings. The van der Waals surface area contributed by atoms with Crippen LogP contribution in [0.5, 0.6) is 0 Å². The highest BCUT2D eigenvalue weighted by Gasteiger charge is 2.20. The Balaban J connectivity index is 1.34. The fourth-order valence-electron chi connectivity index (χ4n) is 3.23. The number of hydrogen-bond acceptors (Lipinski definition) is 3. The molecular weight excluding hydrogens is 386 g/mol. The number of carbonyl (C=O) groups excluding carboxylic acids is 2. The molecule has 2 amide bonds. The standard InChI is InChI=1S/C23H26ClN3O2/c24-21-10-8-20(9-11-21)23(29)25-13-12-22(28)27-17-15-26(16-18-27)14-4-7-19-5-2-1-3-6-19/h1-11H,12-18H2,(H,25,29)/b7-4+. The molecule has 29 heavy (non-hydrogen) atoms. The summed E-state index contributed by atoms with van der Waals surface area (Å²) in [6.07, 6.45) is 4.60. The molecule has 0 unspecified atom stereocenters. The second-order valence-corrected chi connectivity index (χ2v) is 7.44. The molecular formula is C23H26ClN3O2. The lowest BCUT2D eigenvalue weighted by atomic mass is 10.2. The molecule has 3 rings (SSSR count). The smallest absolute Gasteiger partial charge is 0.251 e. The van der Waals surface area contributed by atoms with E-state index < -0.39 is 0 Å². The van der Waals surface area contributed by atoms with E-state index in [2.05, 4.69) is 34.5 Å². The van der Waals surface area contributed by atoms with Crippen molar-refractivity contribution in [3.05, 3.63) is 76.8 Å². The lowest BCUT2D eigenvalue weighted by Gasteiger charge is -2.34. The van der Waals surface area contributed by atoms with Gasteiger partial charge in [-0.3, -0.25) is 14.5 Å². The van der Waals surface area contributed by atoms with Gasteiger partial charge in [-0.1, -0.05) is 54.1 Å². The second-order valence-electron chi connectivity index (χ2n) is 7.01. The van der Waals surface area contributed by atoms with Crippen molar-refractivity contribution in [2.45, 2.75) is 6.42 Å². The van der Waals surface area contributed by atoms with E-state index in [4.69, 9.17) is 11.6 Å². The van der Waals surface area contributed by atoms with E-state index in [9.17, 15) is 9.59 Å². The van der Waals surface area contributed by atoms with Gasteiger partial charge in [0.25, 0.3) is 5.91 Å². The van der Waals surface area contributed by atoms with Crippen molar-refractivity contribution in [1.82, 2.24) is 15.1 Å². The Morgan fingerprint density at radius 2 is 1.66 bits per heavy atom. The monoisotopic (exact) mass is 411 g/mol. The minimum atomic E-state index is -0.190. The fraction of sp³-hybridized carbons (Fsp3) is 0.304. The molecule has 6 heteroatoms. The van der Waals surface area contributed by atoms with Crippen LogP contribution in [-0.2, 0) is 4.79 Å². The number of carbonyl (C=O) groups is 2. The summed E-state index contributed by atoms with van der Waals surface area (Å²) < 4.78 is 0. The van der Waals surface area contributed by atoms with Crippen LogP contribution < -0.4 is 5.32 Å². The van der Waals surface area contributed by atoms with Gasteiger partial charge in [-0.05, 0) is 29.8 Å². The fourth-order valence-corrected chi connectivity index (χ4v) is 3.35. The zero-order valence-corrected chi connectivity index (χ0v) is 17.1. The van der Waals surface area contributed by atoms with E-state index in [-0.39, 0.29) is 11.8 Å². The number of nitrogens with zero attached hydrogens (tertiary/aromatic N) is 2. The van der Waals surface area contributed by atoms with Gasteiger partial charge in [0, 0.05) is 56.3 Å². The van der Waals surface area contributed by atoms with Crippen LogP contribution in [0.4, 0.5) is 0 Å². The van der Waals surface area contributed by atoms with E-state index in [1.165, 1.54) is 5.56 Å². The Bertz CT molecular complexity index is 829. The van der Waals surface area contributed by atoms with Crippen LogP contribution in [0.15, 0.2) is 60.7 Å². The van der Waals surface area contributed by atoms with Crippen LogP contribution in [0.1, 0.15) is 22.3 Å². The van der Waals surface area contributed by atoms with E-state index >= 15 is 0 Å². The third-order valence-electron chi connectivity index (χ3n) is 4.93. The molecule has 0 aromatic heterocycles. The van der Waals surface area contributed by atoms with Crippen LogP contribution in [0.3, 0.4) is 0 Å². The predicted molar refractivity (Wildman–Crippen MR) is 117 cm³/mol. The highest BCUT2D eigenvalue weighted by atomic mass is 35.5. The first-order chi connectivity index (χ1) is 14.1. The van der Waals surface area contributed by atoms with Gasteiger partial charge in [0.1, 0.15) is 0 Å². The average molecular weight is 412 g/mol. The minimum absolute atomic E-state index is 0.0842. The molecule has 1 saturated heterocycles. The van der Waals surface area contributed by atoms with Gasteiger partial charge in [0.2, 0.25) is 5.91 Å². The average Bonchev–Trinajstić information content (AvgIpc) is 2.75. The normalized spacial score (nSPS) is 14.9. The third-order valence-corrected chi connectivity index (χ3v) is 5.18. The molecule has 2 aromatic carbocycles. The van der Waals surface area contributed by atoms with Crippen molar-refractivity contribution in [2.24, 2.45) is 0 Å². The summed E-state index contributed by atoms with van der Waals surface area (Å²) in [7, 11) is 0. The van der Waals surface area contributed by atoms with Gasteiger partial charge >= 0.3 is 0 Å². The van der Waals surface area contributed by atoms with E-state index in [1.807, 2.05) is 23.1 Å². The molecule has 1 N–H and O–H groups in total. The van der Waals surface area contributed by atoms with Crippen molar-refractivity contribution in [3.8, 4) is 0 Å². The number of hydrogen-bond donors (Lipinski definition) is 1. The van der Waals surface area contributed by atoms with Crippen molar-refractivity contribution >= 4 is 29.5 Å². The molecule has 0 bridgehead atoms. The molecule has 2 aromatic rings. The molecule has 152 valence electrons. The number of piperazine rings is 1. The van der Waals surface area contributed by atoms with Crippen molar-refractivity contribution < 1.29 is 9.59 Å². The van der Waals surface area contributed by atoms with E-state index in [1.54, 1.807) is 24.3 Å². The molecule has 0 saturated carbocycles. The number of nitrogens with one attached hydrogen (secondary N) is 1. The minimum Gasteiger partial charge on any atom is -0.352 e. The van der Waals surface area contributed by atoms with Crippen LogP contribution in [0.2, 0.25) is 5.02 Å². The van der Waals surface area contributed by atoms with Crippen molar-refractivity contribution in [1.29, 1.82) is 0 Å². The molecule has 0 atom stereocenters. The lowest BCUT2D eigenvalue weighted by Crippen LogP contribution is -2.49. The first-order valence-corrected chi connectivity index (χ1v) is 10.2. The molecule has 5 nitrogen and oxygen atoms in total. The van der Waals surface area contributed by atoms with Crippen molar-refractivity contribution in [3.63, 3.8) is 0 Å². The maximum absolute atomic E-state index is 12.4. The maximum Gasteiger partial charge on any atom is 0.251 e. The van der Waals surface area contributed by atoms with E-state index in [0.29, 0.717) is 23.6 Å². The summed E-state index contributed by atoms with van der Waals surface area (Å²) >= 11 is 5.83. The Labute approximate surface area is 177 Å². The van der Waals surface area contributed by atoms with Gasteiger partial charge in [-0.25, -0.2) is 0 Å². The molecule has 1 aliphatic heterocycles. The Hall–Kier alpha value is -2.63. The number of amides is 2. The summed E-state index contributed by atoms with van der Waals surface area (Å²) in [6.45, 7) is 4.39. The number of benzene rings is 2. The predicted octanol–water partition coefficient (Wildman–Crippen LogP) is 3.32. The topological polar surface area (TPSA) is 52.7 Å². The highest BCUT2D eigenvalue weighted by Crippen LogP contribution is 2.09.